The quantitative estimate of drug-likeness (QED) is 0.653. The van der Waals surface area contributed by atoms with Crippen molar-refractivity contribution in [3.05, 3.63) is 83.9 Å². The van der Waals surface area contributed by atoms with Crippen molar-refractivity contribution in [3.63, 3.8) is 0 Å². The molecule has 34 heavy (non-hydrogen) atoms. The van der Waals surface area contributed by atoms with E-state index in [0.29, 0.717) is 23.6 Å². The molecule has 0 spiro atoms. The Morgan fingerprint density at radius 2 is 1.68 bits per heavy atom. The Morgan fingerprint density at radius 3 is 2.44 bits per heavy atom. The molecule has 3 atom stereocenters. The van der Waals surface area contributed by atoms with Gasteiger partial charge in [0, 0.05) is 18.0 Å². The minimum Gasteiger partial charge on any atom is -0.454 e. The Bertz CT molecular complexity index is 1240. The Hall–Kier alpha value is -3.84. The maximum absolute atomic E-state index is 13.2. The first kappa shape index (κ1) is 20.7. The van der Waals surface area contributed by atoms with Crippen LogP contribution >= 0.6 is 0 Å². The molecular weight excluding hydrogens is 432 g/mol. The lowest BCUT2D eigenvalue weighted by Gasteiger charge is -2.58. The molecule has 6 rings (SSSR count). The highest BCUT2D eigenvalue weighted by atomic mass is 16.7. The highest BCUT2D eigenvalue weighted by Crippen LogP contribution is 2.43. The van der Waals surface area contributed by atoms with Crippen LogP contribution in [0.25, 0.3) is 11.1 Å². The van der Waals surface area contributed by atoms with E-state index in [1.807, 2.05) is 18.2 Å². The minimum absolute atomic E-state index is 0.0000593. The SMILES string of the molecule is O=C(c1ccc2c(c1)OCO2)N1CC(=O)N2[C@H](C1)[C@H](c1ccc(-c3ccccc3)cc1)[C@@H]2CO. The van der Waals surface area contributed by atoms with E-state index in [1.54, 1.807) is 28.0 Å². The van der Waals surface area contributed by atoms with Gasteiger partial charge in [0.1, 0.15) is 6.54 Å². The number of piperazine rings is 1. The Kier molecular flexibility index (Phi) is 4.99. The van der Waals surface area contributed by atoms with Crippen molar-refractivity contribution < 1.29 is 24.2 Å². The zero-order valence-electron chi connectivity index (χ0n) is 18.5. The summed E-state index contributed by atoms with van der Waals surface area (Å²) in [5.41, 5.74) is 3.77. The molecule has 2 saturated heterocycles. The highest BCUT2D eigenvalue weighted by Gasteiger charge is 2.54. The van der Waals surface area contributed by atoms with Crippen LogP contribution in [0, 0.1) is 0 Å². The van der Waals surface area contributed by atoms with E-state index in [4.69, 9.17) is 9.47 Å². The fourth-order valence-corrected chi connectivity index (χ4v) is 5.39. The van der Waals surface area contributed by atoms with E-state index in [2.05, 4.69) is 36.4 Å². The molecule has 0 aliphatic carbocycles. The number of rotatable bonds is 4. The predicted octanol–water partition coefficient (Wildman–Crippen LogP) is 2.89. The number of aliphatic hydroxyl groups excluding tert-OH is 1. The second-order valence-electron chi connectivity index (χ2n) is 8.89. The third-order valence-corrected chi connectivity index (χ3v) is 7.06. The molecule has 0 radical (unpaired) electrons. The van der Waals surface area contributed by atoms with Gasteiger partial charge in [0.05, 0.1) is 18.7 Å². The summed E-state index contributed by atoms with van der Waals surface area (Å²) in [5, 5.41) is 10.0. The molecule has 2 amide bonds. The van der Waals surface area contributed by atoms with Gasteiger partial charge in [-0.05, 0) is 34.9 Å². The van der Waals surface area contributed by atoms with E-state index >= 15 is 0 Å². The van der Waals surface area contributed by atoms with E-state index < -0.39 is 0 Å². The molecule has 1 N–H and O–H groups in total. The number of hydrogen-bond donors (Lipinski definition) is 1. The summed E-state index contributed by atoms with van der Waals surface area (Å²) in [6.45, 7) is 0.448. The van der Waals surface area contributed by atoms with Crippen LogP contribution in [-0.4, -0.2) is 65.3 Å². The second kappa shape index (κ2) is 8.18. The first-order valence-electron chi connectivity index (χ1n) is 11.4. The number of ether oxygens (including phenoxy) is 2. The number of aliphatic hydroxyl groups is 1. The van der Waals surface area contributed by atoms with Gasteiger partial charge in [-0.2, -0.15) is 0 Å². The average Bonchev–Trinajstić information content (AvgIpc) is 3.34. The number of benzene rings is 3. The Labute approximate surface area is 197 Å². The van der Waals surface area contributed by atoms with Gasteiger partial charge in [0.25, 0.3) is 5.91 Å². The Morgan fingerprint density at radius 1 is 0.941 bits per heavy atom. The number of hydrogen-bond acceptors (Lipinski definition) is 5. The van der Waals surface area contributed by atoms with E-state index in [9.17, 15) is 14.7 Å². The van der Waals surface area contributed by atoms with Crippen molar-refractivity contribution in [2.75, 3.05) is 26.5 Å². The standard InChI is InChI=1S/C27H24N2O5/c30-15-22-26(19-8-6-18(7-9-19)17-4-2-1-3-5-17)21-13-28(14-25(31)29(21)22)27(32)20-10-11-23-24(12-20)34-16-33-23/h1-12,21-22,26,30H,13-16H2/t21-,22+,26+/m1/s1. The number of fused-ring (bicyclic) bond motifs is 2. The summed E-state index contributed by atoms with van der Waals surface area (Å²) in [5.74, 6) is 0.766. The molecule has 0 bridgehead atoms. The van der Waals surface area contributed by atoms with Crippen LogP contribution in [0.5, 0.6) is 11.5 Å². The number of amides is 2. The molecule has 3 aliphatic heterocycles. The van der Waals surface area contributed by atoms with Gasteiger partial charge in [-0.15, -0.1) is 0 Å². The first-order chi connectivity index (χ1) is 16.6. The topological polar surface area (TPSA) is 79.3 Å². The van der Waals surface area contributed by atoms with E-state index in [-0.39, 0.29) is 49.8 Å². The van der Waals surface area contributed by atoms with Gasteiger partial charge >= 0.3 is 0 Å². The summed E-state index contributed by atoms with van der Waals surface area (Å²) in [7, 11) is 0. The summed E-state index contributed by atoms with van der Waals surface area (Å²) in [6, 6.07) is 23.0. The van der Waals surface area contributed by atoms with Gasteiger partial charge in [-0.25, -0.2) is 0 Å². The first-order valence-corrected chi connectivity index (χ1v) is 11.4. The summed E-state index contributed by atoms with van der Waals surface area (Å²) in [6.07, 6.45) is 0. The fraction of sp³-hybridized carbons (Fsp3) is 0.259. The second-order valence-corrected chi connectivity index (χ2v) is 8.89. The third-order valence-electron chi connectivity index (χ3n) is 7.06. The molecule has 2 fully saturated rings. The van der Waals surface area contributed by atoms with Crippen molar-refractivity contribution in [1.82, 2.24) is 9.80 Å². The maximum atomic E-state index is 13.2. The molecule has 0 unspecified atom stereocenters. The summed E-state index contributed by atoms with van der Waals surface area (Å²) < 4.78 is 10.7. The van der Waals surface area contributed by atoms with Crippen molar-refractivity contribution in [3.8, 4) is 22.6 Å². The lowest BCUT2D eigenvalue weighted by atomic mass is 9.73. The summed E-state index contributed by atoms with van der Waals surface area (Å²) in [4.78, 5) is 29.5. The van der Waals surface area contributed by atoms with Crippen LogP contribution in [0.3, 0.4) is 0 Å². The van der Waals surface area contributed by atoms with Crippen LogP contribution in [-0.2, 0) is 4.79 Å². The van der Waals surface area contributed by atoms with Gasteiger partial charge in [0.15, 0.2) is 11.5 Å². The molecule has 3 aromatic carbocycles. The van der Waals surface area contributed by atoms with E-state index in [1.165, 1.54) is 0 Å². The van der Waals surface area contributed by atoms with Crippen molar-refractivity contribution in [2.24, 2.45) is 0 Å². The lowest BCUT2D eigenvalue weighted by molar-refractivity contribution is -0.159. The van der Waals surface area contributed by atoms with Crippen molar-refractivity contribution in [1.29, 1.82) is 0 Å². The van der Waals surface area contributed by atoms with Crippen LogP contribution in [0.4, 0.5) is 0 Å². The van der Waals surface area contributed by atoms with Gasteiger partial charge in [-0.1, -0.05) is 54.6 Å². The number of nitrogens with zero attached hydrogens (tertiary/aromatic N) is 2. The molecule has 0 saturated carbocycles. The van der Waals surface area contributed by atoms with Gasteiger partial charge in [0.2, 0.25) is 12.7 Å². The summed E-state index contributed by atoms with van der Waals surface area (Å²) >= 11 is 0. The predicted molar refractivity (Wildman–Crippen MR) is 125 cm³/mol. The zero-order valence-corrected chi connectivity index (χ0v) is 18.5. The molecule has 7 nitrogen and oxygen atoms in total. The average molecular weight is 456 g/mol. The van der Waals surface area contributed by atoms with Crippen LogP contribution in [0.1, 0.15) is 21.8 Å². The monoisotopic (exact) mass is 456 g/mol. The lowest BCUT2D eigenvalue weighted by Crippen LogP contribution is -2.73. The number of carbonyl (C=O) groups is 2. The smallest absolute Gasteiger partial charge is 0.254 e. The van der Waals surface area contributed by atoms with Gasteiger partial charge < -0.3 is 24.4 Å². The third kappa shape index (κ3) is 3.31. The number of carbonyl (C=O) groups excluding carboxylic acids is 2. The largest absolute Gasteiger partial charge is 0.454 e. The van der Waals surface area contributed by atoms with Crippen LogP contribution in [0.15, 0.2) is 72.8 Å². The normalized spacial score (nSPS) is 22.9. The molecule has 3 aromatic rings. The highest BCUT2D eigenvalue weighted by molar-refractivity contribution is 5.98. The molecule has 7 heteroatoms. The molecule has 3 aliphatic rings. The molecule has 3 heterocycles. The molecular formula is C27H24N2O5. The van der Waals surface area contributed by atoms with Crippen LogP contribution < -0.4 is 9.47 Å². The van der Waals surface area contributed by atoms with Crippen molar-refractivity contribution in [2.45, 2.75) is 18.0 Å². The minimum atomic E-state index is -0.275. The Balaban J connectivity index is 1.24. The zero-order chi connectivity index (χ0) is 23.2. The molecule has 172 valence electrons. The van der Waals surface area contributed by atoms with Gasteiger partial charge in [-0.3, -0.25) is 9.59 Å². The maximum Gasteiger partial charge on any atom is 0.254 e. The fourth-order valence-electron chi connectivity index (χ4n) is 5.39. The van der Waals surface area contributed by atoms with E-state index in [0.717, 1.165) is 16.7 Å². The molecule has 0 aromatic heterocycles. The van der Waals surface area contributed by atoms with Crippen LogP contribution in [0.2, 0.25) is 0 Å². The van der Waals surface area contributed by atoms with Crippen molar-refractivity contribution >= 4 is 11.8 Å².